The second kappa shape index (κ2) is 4.78. The molecule has 1 saturated carbocycles. The molecule has 1 aliphatic carbocycles. The van der Waals surface area contributed by atoms with Gasteiger partial charge in [-0.2, -0.15) is 0 Å². The minimum absolute atomic E-state index is 0.0321. The minimum Gasteiger partial charge on any atom is -0.382 e. The van der Waals surface area contributed by atoms with Crippen LogP contribution in [0.25, 0.3) is 10.9 Å². The quantitative estimate of drug-likeness (QED) is 0.915. The smallest absolute Gasteiger partial charge is 0.125 e. The van der Waals surface area contributed by atoms with Gasteiger partial charge in [-0.25, -0.2) is 4.39 Å². The standard InChI is InChI=1S/C15H17FN2O/c1-19-15(6-2-7-15)10-18-13-5-8-17-14-9-11(16)3-4-12(13)14/h3-5,8-9H,2,6-7,10H2,1H3,(H,17,18). The van der Waals surface area contributed by atoms with Gasteiger partial charge in [0.05, 0.1) is 11.1 Å². The largest absolute Gasteiger partial charge is 0.382 e. The molecule has 1 fully saturated rings. The van der Waals surface area contributed by atoms with E-state index in [0.29, 0.717) is 5.52 Å². The Kier molecular flexibility index (Phi) is 3.11. The lowest BCUT2D eigenvalue weighted by Gasteiger charge is -2.40. The number of ether oxygens (including phenoxy) is 1. The van der Waals surface area contributed by atoms with Gasteiger partial charge < -0.3 is 10.1 Å². The number of pyridine rings is 1. The van der Waals surface area contributed by atoms with Crippen LogP contribution >= 0.6 is 0 Å². The lowest BCUT2D eigenvalue weighted by atomic mass is 9.80. The number of nitrogens with one attached hydrogen (secondary N) is 1. The highest BCUT2D eigenvalue weighted by Gasteiger charge is 2.36. The Balaban J connectivity index is 1.84. The Morgan fingerprint density at radius 2 is 2.21 bits per heavy atom. The van der Waals surface area contributed by atoms with E-state index in [1.807, 2.05) is 6.07 Å². The number of hydrogen-bond acceptors (Lipinski definition) is 3. The van der Waals surface area contributed by atoms with Crippen LogP contribution in [0.1, 0.15) is 19.3 Å². The van der Waals surface area contributed by atoms with Gasteiger partial charge in [-0.3, -0.25) is 4.98 Å². The zero-order valence-electron chi connectivity index (χ0n) is 10.9. The van der Waals surface area contributed by atoms with Crippen molar-refractivity contribution in [2.24, 2.45) is 0 Å². The molecule has 0 unspecified atom stereocenters. The third-order valence-corrected chi connectivity index (χ3v) is 4.00. The molecule has 1 aromatic heterocycles. The van der Waals surface area contributed by atoms with Crippen molar-refractivity contribution in [3.05, 3.63) is 36.3 Å². The molecular formula is C15H17FN2O. The van der Waals surface area contributed by atoms with Gasteiger partial charge in [0.1, 0.15) is 5.82 Å². The third kappa shape index (κ3) is 2.28. The number of nitrogens with zero attached hydrogens (tertiary/aromatic N) is 1. The zero-order valence-corrected chi connectivity index (χ0v) is 10.9. The van der Waals surface area contributed by atoms with E-state index in [-0.39, 0.29) is 11.4 Å². The first-order valence-corrected chi connectivity index (χ1v) is 6.56. The van der Waals surface area contributed by atoms with Crippen LogP contribution in [-0.2, 0) is 4.74 Å². The molecule has 1 heterocycles. The first kappa shape index (κ1) is 12.4. The van der Waals surface area contributed by atoms with Gasteiger partial charge in [-0.1, -0.05) is 0 Å². The monoisotopic (exact) mass is 260 g/mol. The van der Waals surface area contributed by atoms with Gasteiger partial charge in [-0.05, 0) is 37.5 Å². The molecular weight excluding hydrogens is 243 g/mol. The first-order valence-electron chi connectivity index (χ1n) is 6.56. The van der Waals surface area contributed by atoms with Crippen LogP contribution in [0.4, 0.5) is 10.1 Å². The van der Waals surface area contributed by atoms with Gasteiger partial charge in [0, 0.05) is 37.0 Å². The van der Waals surface area contributed by atoms with Crippen molar-refractivity contribution in [3.8, 4) is 0 Å². The highest BCUT2D eigenvalue weighted by atomic mass is 19.1. The van der Waals surface area contributed by atoms with Crippen LogP contribution in [0, 0.1) is 5.82 Å². The van der Waals surface area contributed by atoms with Gasteiger partial charge >= 0.3 is 0 Å². The predicted molar refractivity (Wildman–Crippen MR) is 73.8 cm³/mol. The van der Waals surface area contributed by atoms with E-state index >= 15 is 0 Å². The number of aromatic nitrogens is 1. The molecule has 3 rings (SSSR count). The molecule has 100 valence electrons. The summed E-state index contributed by atoms with van der Waals surface area (Å²) in [6.07, 6.45) is 5.10. The molecule has 0 aliphatic heterocycles. The fourth-order valence-electron chi connectivity index (χ4n) is 2.56. The van der Waals surface area contributed by atoms with E-state index in [1.165, 1.54) is 18.6 Å². The van der Waals surface area contributed by atoms with Crippen molar-refractivity contribution in [1.29, 1.82) is 0 Å². The van der Waals surface area contributed by atoms with E-state index in [1.54, 1.807) is 19.4 Å². The predicted octanol–water partition coefficient (Wildman–Crippen LogP) is 3.35. The van der Waals surface area contributed by atoms with Crippen LogP contribution in [0.15, 0.2) is 30.5 Å². The lowest BCUT2D eigenvalue weighted by molar-refractivity contribution is -0.0601. The summed E-state index contributed by atoms with van der Waals surface area (Å²) in [4.78, 5) is 4.19. The highest BCUT2D eigenvalue weighted by Crippen LogP contribution is 2.35. The number of methoxy groups -OCH3 is 1. The van der Waals surface area contributed by atoms with Crippen molar-refractivity contribution < 1.29 is 9.13 Å². The molecule has 1 aromatic carbocycles. The number of rotatable bonds is 4. The van der Waals surface area contributed by atoms with Crippen LogP contribution in [0.3, 0.4) is 0 Å². The highest BCUT2D eigenvalue weighted by molar-refractivity contribution is 5.90. The van der Waals surface area contributed by atoms with Crippen molar-refractivity contribution in [1.82, 2.24) is 4.98 Å². The topological polar surface area (TPSA) is 34.1 Å². The Morgan fingerprint density at radius 3 is 2.89 bits per heavy atom. The minimum atomic E-state index is -0.260. The molecule has 0 amide bonds. The number of benzene rings is 1. The first-order chi connectivity index (χ1) is 9.22. The summed E-state index contributed by atoms with van der Waals surface area (Å²) in [5, 5.41) is 4.35. The molecule has 3 nitrogen and oxygen atoms in total. The normalized spacial score (nSPS) is 17.2. The summed E-state index contributed by atoms with van der Waals surface area (Å²) < 4.78 is 18.8. The number of fused-ring (bicyclic) bond motifs is 1. The molecule has 0 bridgehead atoms. The average Bonchev–Trinajstić information content (AvgIpc) is 2.37. The van der Waals surface area contributed by atoms with Gasteiger partial charge in [-0.15, -0.1) is 0 Å². The van der Waals surface area contributed by atoms with Crippen molar-refractivity contribution in [2.75, 3.05) is 19.0 Å². The summed E-state index contributed by atoms with van der Waals surface area (Å²) >= 11 is 0. The van der Waals surface area contributed by atoms with Crippen LogP contribution < -0.4 is 5.32 Å². The third-order valence-electron chi connectivity index (χ3n) is 4.00. The summed E-state index contributed by atoms with van der Waals surface area (Å²) in [7, 11) is 1.76. The molecule has 0 saturated heterocycles. The maximum Gasteiger partial charge on any atom is 0.125 e. The molecule has 0 spiro atoms. The van der Waals surface area contributed by atoms with E-state index in [2.05, 4.69) is 10.3 Å². The summed E-state index contributed by atoms with van der Waals surface area (Å²) in [6.45, 7) is 0.778. The molecule has 0 radical (unpaired) electrons. The van der Waals surface area contributed by atoms with Gasteiger partial charge in [0.2, 0.25) is 0 Å². The molecule has 0 atom stereocenters. The molecule has 19 heavy (non-hydrogen) atoms. The van der Waals surface area contributed by atoms with Crippen molar-refractivity contribution >= 4 is 16.6 Å². The lowest BCUT2D eigenvalue weighted by Crippen LogP contribution is -2.45. The second-order valence-electron chi connectivity index (χ2n) is 5.11. The zero-order chi connectivity index (χ0) is 13.3. The van der Waals surface area contributed by atoms with Crippen molar-refractivity contribution in [2.45, 2.75) is 24.9 Å². The van der Waals surface area contributed by atoms with E-state index < -0.39 is 0 Å². The van der Waals surface area contributed by atoms with Crippen LogP contribution in [0.2, 0.25) is 0 Å². The Bertz CT molecular complexity index is 590. The number of halogens is 1. The maximum absolute atomic E-state index is 13.2. The fourth-order valence-corrected chi connectivity index (χ4v) is 2.56. The fraction of sp³-hybridized carbons (Fsp3) is 0.400. The summed E-state index contributed by atoms with van der Waals surface area (Å²) in [6, 6.07) is 6.60. The van der Waals surface area contributed by atoms with Crippen molar-refractivity contribution in [3.63, 3.8) is 0 Å². The van der Waals surface area contributed by atoms with E-state index in [4.69, 9.17) is 4.74 Å². The molecule has 2 aromatic rings. The van der Waals surface area contributed by atoms with Gasteiger partial charge in [0.25, 0.3) is 0 Å². The maximum atomic E-state index is 13.2. The second-order valence-corrected chi connectivity index (χ2v) is 5.11. The SMILES string of the molecule is COC1(CNc2ccnc3cc(F)ccc23)CCC1. The Hall–Kier alpha value is -1.68. The Labute approximate surface area is 111 Å². The molecule has 1 aliphatic rings. The number of anilines is 1. The summed E-state index contributed by atoms with van der Waals surface area (Å²) in [5.74, 6) is -0.260. The number of hydrogen-bond donors (Lipinski definition) is 1. The van der Waals surface area contributed by atoms with E-state index in [0.717, 1.165) is 30.5 Å². The Morgan fingerprint density at radius 1 is 1.37 bits per heavy atom. The van der Waals surface area contributed by atoms with E-state index in [9.17, 15) is 4.39 Å². The average molecular weight is 260 g/mol. The molecule has 1 N–H and O–H groups in total. The van der Waals surface area contributed by atoms with Crippen LogP contribution in [-0.4, -0.2) is 24.2 Å². The van der Waals surface area contributed by atoms with Crippen LogP contribution in [0.5, 0.6) is 0 Å². The molecule has 4 heteroatoms. The van der Waals surface area contributed by atoms with Gasteiger partial charge in [0.15, 0.2) is 0 Å². The summed E-state index contributed by atoms with van der Waals surface area (Å²) in [5.41, 5.74) is 1.62.